The Kier molecular flexibility index (Phi) is 3.17. The lowest BCUT2D eigenvalue weighted by Crippen LogP contribution is -1.90. The summed E-state index contributed by atoms with van der Waals surface area (Å²) in [6.45, 7) is 1.67. The summed E-state index contributed by atoms with van der Waals surface area (Å²) in [7, 11) is 1.42. The molecule has 0 atom stereocenters. The van der Waals surface area contributed by atoms with E-state index in [0.29, 0.717) is 10.6 Å². The van der Waals surface area contributed by atoms with E-state index in [9.17, 15) is 5.11 Å². The number of hydrogen-bond acceptors (Lipinski definition) is 2. The first-order valence-corrected chi connectivity index (χ1v) is 4.54. The zero-order chi connectivity index (χ0) is 10.2. The molecule has 0 unspecified atom stereocenters. The highest BCUT2D eigenvalue weighted by Crippen LogP contribution is 2.46. The molecule has 13 heavy (non-hydrogen) atoms. The van der Waals surface area contributed by atoms with Crippen molar-refractivity contribution >= 4 is 34.8 Å². The number of phenolic OH excluding ortho intramolecular Hbond substituents is 1. The van der Waals surface area contributed by atoms with Gasteiger partial charge in [-0.15, -0.1) is 0 Å². The normalized spacial score (nSPS) is 10.2. The first-order chi connectivity index (χ1) is 6.00. The molecule has 0 saturated heterocycles. The fourth-order valence-electron chi connectivity index (χ4n) is 0.924. The number of aromatic hydroxyl groups is 1. The molecule has 2 nitrogen and oxygen atoms in total. The monoisotopic (exact) mass is 240 g/mol. The van der Waals surface area contributed by atoms with Gasteiger partial charge in [-0.05, 0) is 12.5 Å². The van der Waals surface area contributed by atoms with Crippen LogP contribution in [0.5, 0.6) is 11.5 Å². The van der Waals surface area contributed by atoms with E-state index in [1.165, 1.54) is 7.11 Å². The summed E-state index contributed by atoms with van der Waals surface area (Å²) in [6, 6.07) is 0. The van der Waals surface area contributed by atoms with Gasteiger partial charge in [-0.2, -0.15) is 0 Å². The minimum absolute atomic E-state index is 0.0306. The molecule has 0 saturated carbocycles. The standard InChI is InChI=1S/C8H7Cl3O2/c1-3-4(9)7(12)6(11)8(13-2)5(3)10/h12H,1-2H3. The van der Waals surface area contributed by atoms with Gasteiger partial charge in [0.25, 0.3) is 0 Å². The first kappa shape index (κ1) is 10.8. The van der Waals surface area contributed by atoms with Crippen molar-refractivity contribution in [2.24, 2.45) is 0 Å². The van der Waals surface area contributed by atoms with E-state index < -0.39 is 0 Å². The van der Waals surface area contributed by atoms with Crippen LogP contribution in [0.1, 0.15) is 5.56 Å². The van der Waals surface area contributed by atoms with Gasteiger partial charge in [-0.3, -0.25) is 0 Å². The Balaban J connectivity index is 3.56. The number of hydrogen-bond donors (Lipinski definition) is 1. The topological polar surface area (TPSA) is 29.5 Å². The van der Waals surface area contributed by atoms with Gasteiger partial charge < -0.3 is 9.84 Å². The summed E-state index contributed by atoms with van der Waals surface area (Å²) in [6.07, 6.45) is 0. The molecule has 0 aromatic heterocycles. The van der Waals surface area contributed by atoms with E-state index in [4.69, 9.17) is 39.5 Å². The summed E-state index contributed by atoms with van der Waals surface area (Å²) >= 11 is 17.3. The second-order valence-corrected chi connectivity index (χ2v) is 3.58. The molecule has 1 rings (SSSR count). The van der Waals surface area contributed by atoms with Crippen molar-refractivity contribution in [3.8, 4) is 11.5 Å². The van der Waals surface area contributed by atoms with E-state index in [1.54, 1.807) is 6.92 Å². The average Bonchev–Trinajstić information content (AvgIpc) is 2.13. The maximum Gasteiger partial charge on any atom is 0.160 e. The zero-order valence-electron chi connectivity index (χ0n) is 6.99. The van der Waals surface area contributed by atoms with E-state index in [-0.39, 0.29) is 21.5 Å². The second kappa shape index (κ2) is 3.82. The van der Waals surface area contributed by atoms with Crippen molar-refractivity contribution in [3.05, 3.63) is 20.6 Å². The summed E-state index contributed by atoms with van der Waals surface area (Å²) in [4.78, 5) is 0. The summed E-state index contributed by atoms with van der Waals surface area (Å²) in [5.41, 5.74) is 0.544. The molecular weight excluding hydrogens is 234 g/mol. The molecule has 0 fully saturated rings. The van der Waals surface area contributed by atoms with E-state index in [2.05, 4.69) is 0 Å². The lowest BCUT2D eigenvalue weighted by Gasteiger charge is -2.11. The minimum atomic E-state index is -0.206. The lowest BCUT2D eigenvalue weighted by molar-refractivity contribution is 0.408. The number of halogens is 3. The van der Waals surface area contributed by atoms with Crippen LogP contribution in [-0.4, -0.2) is 12.2 Å². The van der Waals surface area contributed by atoms with Crippen molar-refractivity contribution in [2.45, 2.75) is 6.92 Å². The molecule has 1 aromatic carbocycles. The highest BCUT2D eigenvalue weighted by atomic mass is 35.5. The van der Waals surface area contributed by atoms with E-state index in [0.717, 1.165) is 0 Å². The number of methoxy groups -OCH3 is 1. The Labute approximate surface area is 91.0 Å². The third-order valence-electron chi connectivity index (χ3n) is 1.68. The van der Waals surface area contributed by atoms with Crippen molar-refractivity contribution in [3.63, 3.8) is 0 Å². The number of rotatable bonds is 1. The maximum atomic E-state index is 9.42. The van der Waals surface area contributed by atoms with Crippen LogP contribution in [0.15, 0.2) is 0 Å². The van der Waals surface area contributed by atoms with Crippen LogP contribution >= 0.6 is 34.8 Å². The van der Waals surface area contributed by atoms with Crippen molar-refractivity contribution in [1.82, 2.24) is 0 Å². The lowest BCUT2D eigenvalue weighted by atomic mass is 10.2. The Morgan fingerprint density at radius 3 is 2.08 bits per heavy atom. The van der Waals surface area contributed by atoms with Crippen LogP contribution in [0.3, 0.4) is 0 Å². The molecule has 0 bridgehead atoms. The molecule has 0 aliphatic heterocycles. The van der Waals surface area contributed by atoms with Crippen LogP contribution in [0.4, 0.5) is 0 Å². The SMILES string of the molecule is COc1c(Cl)c(C)c(Cl)c(O)c1Cl. The quantitative estimate of drug-likeness (QED) is 0.813. The van der Waals surface area contributed by atoms with Crippen LogP contribution in [0.25, 0.3) is 0 Å². The molecule has 0 radical (unpaired) electrons. The van der Waals surface area contributed by atoms with Gasteiger partial charge in [0.1, 0.15) is 5.02 Å². The molecule has 1 aromatic rings. The highest BCUT2D eigenvalue weighted by molar-refractivity contribution is 6.42. The second-order valence-electron chi connectivity index (χ2n) is 2.45. The highest BCUT2D eigenvalue weighted by Gasteiger charge is 2.18. The van der Waals surface area contributed by atoms with Gasteiger partial charge in [0, 0.05) is 0 Å². The Morgan fingerprint density at radius 2 is 1.62 bits per heavy atom. The first-order valence-electron chi connectivity index (χ1n) is 3.40. The van der Waals surface area contributed by atoms with Crippen LogP contribution < -0.4 is 4.74 Å². The average molecular weight is 242 g/mol. The molecule has 0 spiro atoms. The molecule has 0 aliphatic rings. The maximum absolute atomic E-state index is 9.42. The third-order valence-corrected chi connectivity index (χ3v) is 2.95. The third kappa shape index (κ3) is 1.66. The van der Waals surface area contributed by atoms with Gasteiger partial charge in [0.2, 0.25) is 0 Å². The van der Waals surface area contributed by atoms with Gasteiger partial charge >= 0.3 is 0 Å². The summed E-state index contributed by atoms with van der Waals surface area (Å²) < 4.78 is 4.91. The number of ether oxygens (including phenoxy) is 1. The fraction of sp³-hybridized carbons (Fsp3) is 0.250. The summed E-state index contributed by atoms with van der Waals surface area (Å²) in [5, 5.41) is 9.92. The van der Waals surface area contributed by atoms with E-state index in [1.807, 2.05) is 0 Å². The largest absolute Gasteiger partial charge is 0.505 e. The Morgan fingerprint density at radius 1 is 1.08 bits per heavy atom. The Hall–Kier alpha value is -0.310. The molecule has 0 heterocycles. The smallest absolute Gasteiger partial charge is 0.160 e. The van der Waals surface area contributed by atoms with Gasteiger partial charge in [0.05, 0.1) is 17.2 Å². The molecule has 0 amide bonds. The van der Waals surface area contributed by atoms with Crippen molar-refractivity contribution in [2.75, 3.05) is 7.11 Å². The van der Waals surface area contributed by atoms with Crippen molar-refractivity contribution in [1.29, 1.82) is 0 Å². The predicted octanol–water partition coefficient (Wildman–Crippen LogP) is 3.67. The molecular formula is C8H7Cl3O2. The number of phenols is 1. The van der Waals surface area contributed by atoms with E-state index >= 15 is 0 Å². The summed E-state index contributed by atoms with van der Waals surface area (Å²) in [5.74, 6) is 0.0322. The molecule has 0 aliphatic carbocycles. The van der Waals surface area contributed by atoms with Gasteiger partial charge in [-0.1, -0.05) is 34.8 Å². The van der Waals surface area contributed by atoms with Crippen LogP contribution in [-0.2, 0) is 0 Å². The molecule has 5 heteroatoms. The Bertz CT molecular complexity index is 321. The van der Waals surface area contributed by atoms with Gasteiger partial charge in [-0.25, -0.2) is 0 Å². The zero-order valence-corrected chi connectivity index (χ0v) is 9.26. The predicted molar refractivity (Wildman–Crippen MR) is 54.4 cm³/mol. The fourth-order valence-corrected chi connectivity index (χ4v) is 1.79. The number of benzene rings is 1. The minimum Gasteiger partial charge on any atom is -0.505 e. The molecule has 72 valence electrons. The van der Waals surface area contributed by atoms with Crippen LogP contribution in [0.2, 0.25) is 15.1 Å². The van der Waals surface area contributed by atoms with Crippen molar-refractivity contribution < 1.29 is 9.84 Å². The van der Waals surface area contributed by atoms with Crippen LogP contribution in [0, 0.1) is 6.92 Å². The molecule has 1 N–H and O–H groups in total. The van der Waals surface area contributed by atoms with Gasteiger partial charge in [0.15, 0.2) is 11.5 Å².